The molecule has 0 amide bonds. The molecule has 0 unspecified atom stereocenters. The van der Waals surface area contributed by atoms with Gasteiger partial charge in [-0.15, -0.1) is 0 Å². The maximum atomic E-state index is 12.3. The van der Waals surface area contributed by atoms with E-state index < -0.39 is 25.0 Å². The Kier molecular flexibility index (Phi) is 6.88. The van der Waals surface area contributed by atoms with E-state index in [-0.39, 0.29) is 35.0 Å². The molecule has 2 aromatic carbocycles. The van der Waals surface area contributed by atoms with Gasteiger partial charge in [0.2, 0.25) is 20.0 Å². The average Bonchev–Trinajstić information content (AvgIpc) is 2.61. The van der Waals surface area contributed by atoms with Crippen molar-refractivity contribution in [3.8, 4) is 0 Å². The second kappa shape index (κ2) is 8.78. The Morgan fingerprint density at radius 3 is 1.89 bits per heavy atom. The highest BCUT2D eigenvalue weighted by Gasteiger charge is 2.19. The smallest absolute Gasteiger partial charge is 0.258 e. The summed E-state index contributed by atoms with van der Waals surface area (Å²) < 4.78 is 53.5. The zero-order valence-electron chi connectivity index (χ0n) is 15.4. The number of benzene rings is 2. The zero-order chi connectivity index (χ0) is 20.9. The summed E-state index contributed by atoms with van der Waals surface area (Å²) in [6, 6.07) is 9.99. The van der Waals surface area contributed by atoms with Gasteiger partial charge in [0, 0.05) is 24.7 Å². The van der Waals surface area contributed by atoms with E-state index in [2.05, 4.69) is 9.44 Å². The van der Waals surface area contributed by atoms with Crippen molar-refractivity contribution in [2.45, 2.75) is 30.1 Å². The van der Waals surface area contributed by atoms with Crippen molar-refractivity contribution in [2.24, 2.45) is 0 Å². The summed E-state index contributed by atoms with van der Waals surface area (Å²) in [5.74, 6) is 0. The fraction of sp³-hybridized carbons (Fsp3) is 0.294. The van der Waals surface area contributed by atoms with Gasteiger partial charge in [0.15, 0.2) is 0 Å². The third-order valence-electron chi connectivity index (χ3n) is 3.96. The lowest BCUT2D eigenvalue weighted by Crippen LogP contribution is -2.30. The number of hydrogen-bond donors (Lipinski definition) is 2. The molecule has 0 aliphatic carbocycles. The normalized spacial score (nSPS) is 12.1. The molecule has 0 aromatic heterocycles. The molecule has 0 saturated carbocycles. The molecule has 0 fully saturated rings. The molecule has 152 valence electrons. The molecular weight excluding hydrogens is 406 g/mol. The predicted octanol–water partition coefficient (Wildman–Crippen LogP) is 1.86. The molecule has 0 atom stereocenters. The summed E-state index contributed by atoms with van der Waals surface area (Å²) in [5.41, 5.74) is 1.01. The first-order chi connectivity index (χ1) is 13.0. The van der Waals surface area contributed by atoms with Crippen LogP contribution in [0.25, 0.3) is 0 Å². The Morgan fingerprint density at radius 1 is 0.857 bits per heavy atom. The average molecular weight is 428 g/mol. The molecule has 28 heavy (non-hydrogen) atoms. The van der Waals surface area contributed by atoms with E-state index in [1.54, 1.807) is 12.1 Å². The second-order valence-corrected chi connectivity index (χ2v) is 9.70. The Morgan fingerprint density at radius 2 is 1.36 bits per heavy atom. The maximum Gasteiger partial charge on any atom is 0.273 e. The molecule has 0 aliphatic heterocycles. The first-order valence-electron chi connectivity index (χ1n) is 8.34. The van der Waals surface area contributed by atoms with Crippen molar-refractivity contribution in [2.75, 3.05) is 13.1 Å². The Bertz CT molecular complexity index is 1060. The van der Waals surface area contributed by atoms with Gasteiger partial charge in [-0.2, -0.15) is 0 Å². The monoisotopic (exact) mass is 427 g/mol. The van der Waals surface area contributed by atoms with Gasteiger partial charge in [-0.05, 0) is 38.5 Å². The van der Waals surface area contributed by atoms with Gasteiger partial charge in [-0.3, -0.25) is 10.1 Å². The van der Waals surface area contributed by atoms with Crippen molar-refractivity contribution in [1.82, 2.24) is 9.44 Å². The lowest BCUT2D eigenvalue weighted by molar-refractivity contribution is -0.385. The Hall–Kier alpha value is -2.34. The summed E-state index contributed by atoms with van der Waals surface area (Å²) in [7, 11) is -7.60. The number of sulfonamides is 2. The van der Waals surface area contributed by atoms with Crippen molar-refractivity contribution in [3.05, 3.63) is 63.7 Å². The van der Waals surface area contributed by atoms with E-state index in [9.17, 15) is 26.9 Å². The maximum absolute atomic E-state index is 12.3. The molecule has 0 saturated heterocycles. The van der Waals surface area contributed by atoms with Gasteiger partial charge < -0.3 is 0 Å². The summed E-state index contributed by atoms with van der Waals surface area (Å²) in [5, 5.41) is 11.0. The van der Waals surface area contributed by atoms with Crippen LogP contribution in [0, 0.1) is 24.0 Å². The first-order valence-corrected chi connectivity index (χ1v) is 11.3. The van der Waals surface area contributed by atoms with Crippen LogP contribution in [0.15, 0.2) is 52.3 Å². The summed E-state index contributed by atoms with van der Waals surface area (Å²) in [6.07, 6.45) is 0.207. The molecule has 9 nitrogen and oxygen atoms in total. The van der Waals surface area contributed by atoms with Gasteiger partial charge in [0.25, 0.3) is 5.69 Å². The van der Waals surface area contributed by atoms with E-state index in [1.807, 2.05) is 6.92 Å². The highest BCUT2D eigenvalue weighted by Crippen LogP contribution is 2.22. The minimum Gasteiger partial charge on any atom is -0.258 e. The van der Waals surface area contributed by atoms with Crippen LogP contribution in [0.2, 0.25) is 0 Å². The number of hydrogen-bond acceptors (Lipinski definition) is 6. The fourth-order valence-corrected chi connectivity index (χ4v) is 4.51. The number of nitrogens with one attached hydrogen (secondary N) is 2. The number of aryl methyl sites for hydroxylation is 2. The third kappa shape index (κ3) is 5.58. The van der Waals surface area contributed by atoms with Crippen LogP contribution in [-0.4, -0.2) is 34.8 Å². The molecule has 0 heterocycles. The van der Waals surface area contributed by atoms with Gasteiger partial charge >= 0.3 is 0 Å². The highest BCUT2D eigenvalue weighted by atomic mass is 32.2. The SMILES string of the molecule is Cc1ccc(S(=O)(=O)NCCCNS(=O)(=O)c2ccc(C)c([N+](=O)[O-])c2)cc1. The number of nitro benzene ring substituents is 1. The largest absolute Gasteiger partial charge is 0.273 e. The molecular formula is C17H21N3O6S2. The molecule has 2 N–H and O–H groups in total. The molecule has 0 spiro atoms. The van der Waals surface area contributed by atoms with E-state index in [0.717, 1.165) is 11.6 Å². The molecule has 2 rings (SSSR count). The minimum absolute atomic E-state index is 0.0274. The Balaban J connectivity index is 1.91. The van der Waals surface area contributed by atoms with Crippen molar-refractivity contribution < 1.29 is 21.8 Å². The minimum atomic E-state index is -3.94. The second-order valence-electron chi connectivity index (χ2n) is 6.17. The van der Waals surface area contributed by atoms with Crippen LogP contribution >= 0.6 is 0 Å². The van der Waals surface area contributed by atoms with Gasteiger partial charge in [0.1, 0.15) is 0 Å². The fourth-order valence-electron chi connectivity index (χ4n) is 2.34. The zero-order valence-corrected chi connectivity index (χ0v) is 17.0. The van der Waals surface area contributed by atoms with Gasteiger partial charge in [-0.1, -0.05) is 23.8 Å². The van der Waals surface area contributed by atoms with Gasteiger partial charge in [-0.25, -0.2) is 26.3 Å². The Labute approximate surface area is 164 Å². The highest BCUT2D eigenvalue weighted by molar-refractivity contribution is 7.89. The van der Waals surface area contributed by atoms with Crippen molar-refractivity contribution >= 4 is 25.7 Å². The van der Waals surface area contributed by atoms with E-state index >= 15 is 0 Å². The van der Waals surface area contributed by atoms with Crippen LogP contribution in [0.1, 0.15) is 17.5 Å². The van der Waals surface area contributed by atoms with Crippen molar-refractivity contribution in [1.29, 1.82) is 0 Å². The predicted molar refractivity (Wildman–Crippen MR) is 104 cm³/mol. The van der Waals surface area contributed by atoms with E-state index in [0.29, 0.717) is 5.56 Å². The van der Waals surface area contributed by atoms with Crippen LogP contribution in [0.3, 0.4) is 0 Å². The quantitative estimate of drug-likeness (QED) is 0.356. The van der Waals surface area contributed by atoms with Crippen LogP contribution in [0.5, 0.6) is 0 Å². The summed E-state index contributed by atoms with van der Waals surface area (Å²) in [6.45, 7) is 3.37. The van der Waals surface area contributed by atoms with Gasteiger partial charge in [0.05, 0.1) is 14.7 Å². The molecule has 0 aliphatic rings. The number of nitrogens with zero attached hydrogens (tertiary/aromatic N) is 1. The van der Waals surface area contributed by atoms with E-state index in [1.165, 1.54) is 31.2 Å². The molecule has 0 bridgehead atoms. The summed E-state index contributed by atoms with van der Waals surface area (Å²) >= 11 is 0. The van der Waals surface area contributed by atoms with Crippen molar-refractivity contribution in [3.63, 3.8) is 0 Å². The lowest BCUT2D eigenvalue weighted by Gasteiger charge is -2.09. The number of nitro groups is 1. The lowest BCUT2D eigenvalue weighted by atomic mass is 10.2. The van der Waals surface area contributed by atoms with Crippen LogP contribution < -0.4 is 9.44 Å². The standard InChI is InChI=1S/C17H21N3O6S2/c1-13-4-7-15(8-5-13)27(23,24)18-10-3-11-19-28(25,26)16-9-6-14(2)17(12-16)20(21)22/h4-9,12,18-19H,3,10-11H2,1-2H3. The number of rotatable bonds is 9. The van der Waals surface area contributed by atoms with Crippen LogP contribution in [0.4, 0.5) is 5.69 Å². The molecule has 11 heteroatoms. The molecule has 0 radical (unpaired) electrons. The third-order valence-corrected chi connectivity index (χ3v) is 6.89. The first kappa shape index (κ1) is 22.0. The topological polar surface area (TPSA) is 135 Å². The van der Waals surface area contributed by atoms with Crippen LogP contribution in [-0.2, 0) is 20.0 Å². The summed E-state index contributed by atoms with van der Waals surface area (Å²) in [4.78, 5) is 10.2. The molecule has 2 aromatic rings. The van der Waals surface area contributed by atoms with E-state index in [4.69, 9.17) is 0 Å².